The van der Waals surface area contributed by atoms with Crippen LogP contribution < -0.4 is 5.73 Å². The fraction of sp³-hybridized carbons (Fsp3) is 0.941. The first kappa shape index (κ1) is 16.8. The Balaban J connectivity index is 1.79. The maximum absolute atomic E-state index is 12.7. The molecule has 21 heavy (non-hydrogen) atoms. The highest BCUT2D eigenvalue weighted by Gasteiger charge is 2.35. The Hall–Kier alpha value is -0.610. The molecule has 1 aliphatic heterocycles. The molecule has 122 valence electrons. The molecule has 2 N–H and O–H groups in total. The normalized spacial score (nSPS) is 27.5. The van der Waals surface area contributed by atoms with E-state index in [0.717, 1.165) is 44.9 Å². The van der Waals surface area contributed by atoms with E-state index in [4.69, 9.17) is 5.73 Å². The summed E-state index contributed by atoms with van der Waals surface area (Å²) in [5.41, 5.74) is 5.82. The van der Waals surface area contributed by atoms with Crippen molar-refractivity contribution in [3.63, 3.8) is 0 Å². The topological polar surface area (TPSA) is 49.6 Å². The molecule has 2 atom stereocenters. The van der Waals surface area contributed by atoms with Crippen LogP contribution in [0.1, 0.15) is 46.0 Å². The second-order valence-corrected chi connectivity index (χ2v) is 6.79. The van der Waals surface area contributed by atoms with Gasteiger partial charge in [0.2, 0.25) is 5.91 Å². The minimum Gasteiger partial charge on any atom is -0.342 e. The Morgan fingerprint density at radius 2 is 1.81 bits per heavy atom. The van der Waals surface area contributed by atoms with Crippen LogP contribution in [0.15, 0.2) is 0 Å². The Kier molecular flexibility index (Phi) is 6.49. The number of carbonyl (C=O) groups is 1. The van der Waals surface area contributed by atoms with E-state index in [1.165, 1.54) is 25.8 Å². The molecule has 0 bridgehead atoms. The molecule has 4 nitrogen and oxygen atoms in total. The van der Waals surface area contributed by atoms with Crippen LogP contribution in [0.4, 0.5) is 0 Å². The van der Waals surface area contributed by atoms with Crippen LogP contribution in [-0.4, -0.2) is 55.0 Å². The maximum Gasteiger partial charge on any atom is 0.226 e. The van der Waals surface area contributed by atoms with E-state index in [1.807, 2.05) is 0 Å². The van der Waals surface area contributed by atoms with Crippen molar-refractivity contribution in [2.24, 2.45) is 23.5 Å². The second kappa shape index (κ2) is 8.14. The zero-order valence-electron chi connectivity index (χ0n) is 13.9. The first-order valence-corrected chi connectivity index (χ1v) is 8.90. The van der Waals surface area contributed by atoms with Crippen molar-refractivity contribution in [1.29, 1.82) is 0 Å². The zero-order valence-corrected chi connectivity index (χ0v) is 13.9. The largest absolute Gasteiger partial charge is 0.342 e. The van der Waals surface area contributed by atoms with Gasteiger partial charge in [0.05, 0.1) is 0 Å². The Morgan fingerprint density at radius 1 is 1.14 bits per heavy atom. The third-order valence-corrected chi connectivity index (χ3v) is 5.62. The molecule has 1 amide bonds. The first-order chi connectivity index (χ1) is 10.2. The van der Waals surface area contributed by atoms with E-state index in [-0.39, 0.29) is 5.92 Å². The van der Waals surface area contributed by atoms with Crippen LogP contribution >= 0.6 is 0 Å². The minimum atomic E-state index is 0.217. The lowest BCUT2D eigenvalue weighted by molar-refractivity contribution is -0.138. The lowest BCUT2D eigenvalue weighted by atomic mass is 9.91. The molecule has 0 spiro atoms. The van der Waals surface area contributed by atoms with Crippen LogP contribution in [0.5, 0.6) is 0 Å². The number of carbonyl (C=O) groups excluding carboxylic acids is 1. The number of amides is 1. The van der Waals surface area contributed by atoms with E-state index < -0.39 is 0 Å². The summed E-state index contributed by atoms with van der Waals surface area (Å²) in [6, 6.07) is 0. The summed E-state index contributed by atoms with van der Waals surface area (Å²) in [5, 5.41) is 0. The van der Waals surface area contributed by atoms with Crippen LogP contribution in [0.2, 0.25) is 0 Å². The van der Waals surface area contributed by atoms with Gasteiger partial charge in [-0.05, 0) is 57.2 Å². The quantitative estimate of drug-likeness (QED) is 0.815. The monoisotopic (exact) mass is 295 g/mol. The lowest BCUT2D eigenvalue weighted by Gasteiger charge is -2.36. The molecular formula is C17H33N3O. The molecule has 0 radical (unpaired) electrons. The predicted octanol–water partition coefficient (Wildman–Crippen LogP) is 1.94. The smallest absolute Gasteiger partial charge is 0.226 e. The van der Waals surface area contributed by atoms with Gasteiger partial charge in [0.15, 0.2) is 0 Å². The molecule has 1 aliphatic carbocycles. The summed E-state index contributed by atoms with van der Waals surface area (Å²) in [6.07, 6.45) is 5.71. The van der Waals surface area contributed by atoms with E-state index in [2.05, 4.69) is 23.6 Å². The van der Waals surface area contributed by atoms with Gasteiger partial charge in [0, 0.05) is 25.6 Å². The van der Waals surface area contributed by atoms with Gasteiger partial charge in [0.25, 0.3) is 0 Å². The van der Waals surface area contributed by atoms with Crippen molar-refractivity contribution in [1.82, 2.24) is 9.80 Å². The first-order valence-electron chi connectivity index (χ1n) is 8.90. The summed E-state index contributed by atoms with van der Waals surface area (Å²) in [7, 11) is 0. The number of rotatable bonds is 6. The summed E-state index contributed by atoms with van der Waals surface area (Å²) >= 11 is 0. The molecule has 0 aromatic carbocycles. The van der Waals surface area contributed by atoms with Crippen molar-refractivity contribution in [2.75, 3.05) is 39.3 Å². The fourth-order valence-corrected chi connectivity index (χ4v) is 4.06. The van der Waals surface area contributed by atoms with E-state index in [0.29, 0.717) is 18.4 Å². The molecular weight excluding hydrogens is 262 g/mol. The summed E-state index contributed by atoms with van der Waals surface area (Å²) < 4.78 is 0. The van der Waals surface area contributed by atoms with E-state index in [1.54, 1.807) is 0 Å². The van der Waals surface area contributed by atoms with Crippen molar-refractivity contribution in [3.8, 4) is 0 Å². The molecule has 1 saturated carbocycles. The van der Waals surface area contributed by atoms with E-state index in [9.17, 15) is 4.79 Å². The average Bonchev–Trinajstić information content (AvgIpc) is 3.01. The molecule has 2 aliphatic rings. The van der Waals surface area contributed by atoms with Gasteiger partial charge < -0.3 is 15.5 Å². The number of nitrogens with two attached hydrogens (primary N) is 1. The van der Waals surface area contributed by atoms with Gasteiger partial charge in [-0.25, -0.2) is 0 Å². The SMILES string of the molecule is CCN(CC)CC1CCN(C(=O)C2CCCC2CN)CC1. The van der Waals surface area contributed by atoms with Crippen molar-refractivity contribution < 1.29 is 4.79 Å². The number of piperidine rings is 1. The zero-order chi connectivity index (χ0) is 15.2. The maximum atomic E-state index is 12.7. The molecule has 0 aromatic rings. The number of hydrogen-bond acceptors (Lipinski definition) is 3. The second-order valence-electron chi connectivity index (χ2n) is 6.79. The molecule has 4 heteroatoms. The fourth-order valence-electron chi connectivity index (χ4n) is 4.06. The summed E-state index contributed by atoms with van der Waals surface area (Å²) in [5.74, 6) is 1.81. The van der Waals surface area contributed by atoms with Crippen LogP contribution in [0.3, 0.4) is 0 Å². The summed E-state index contributed by atoms with van der Waals surface area (Å²) in [4.78, 5) is 17.3. The average molecular weight is 295 g/mol. The van der Waals surface area contributed by atoms with E-state index >= 15 is 0 Å². The highest BCUT2D eigenvalue weighted by atomic mass is 16.2. The minimum absolute atomic E-state index is 0.217. The van der Waals surface area contributed by atoms with Gasteiger partial charge in [-0.3, -0.25) is 4.79 Å². The van der Waals surface area contributed by atoms with Crippen LogP contribution in [-0.2, 0) is 4.79 Å². The Labute approximate surface area is 130 Å². The van der Waals surface area contributed by atoms with Crippen LogP contribution in [0.25, 0.3) is 0 Å². The van der Waals surface area contributed by atoms with Crippen molar-refractivity contribution >= 4 is 5.91 Å². The molecule has 1 heterocycles. The van der Waals surface area contributed by atoms with Gasteiger partial charge >= 0.3 is 0 Å². The molecule has 2 unspecified atom stereocenters. The van der Waals surface area contributed by atoms with Gasteiger partial charge in [-0.1, -0.05) is 20.3 Å². The molecule has 2 fully saturated rings. The molecule has 1 saturated heterocycles. The van der Waals surface area contributed by atoms with Crippen molar-refractivity contribution in [3.05, 3.63) is 0 Å². The highest BCUT2D eigenvalue weighted by molar-refractivity contribution is 5.79. The molecule has 0 aromatic heterocycles. The predicted molar refractivity (Wildman–Crippen MR) is 87.0 cm³/mol. The number of likely N-dealkylation sites (tertiary alicyclic amines) is 1. The third kappa shape index (κ3) is 4.19. The lowest BCUT2D eigenvalue weighted by Crippen LogP contribution is -2.45. The highest BCUT2D eigenvalue weighted by Crippen LogP contribution is 2.33. The van der Waals surface area contributed by atoms with Gasteiger partial charge in [-0.2, -0.15) is 0 Å². The Bertz CT molecular complexity index is 322. The number of hydrogen-bond donors (Lipinski definition) is 1. The van der Waals surface area contributed by atoms with Gasteiger partial charge in [-0.15, -0.1) is 0 Å². The van der Waals surface area contributed by atoms with Gasteiger partial charge in [0.1, 0.15) is 0 Å². The van der Waals surface area contributed by atoms with Crippen molar-refractivity contribution in [2.45, 2.75) is 46.0 Å². The van der Waals surface area contributed by atoms with Crippen LogP contribution in [0, 0.1) is 17.8 Å². The molecule has 2 rings (SSSR count). The summed E-state index contributed by atoms with van der Waals surface area (Å²) in [6.45, 7) is 10.5. The number of nitrogens with zero attached hydrogens (tertiary/aromatic N) is 2. The standard InChI is InChI=1S/C17H33N3O/c1-3-19(4-2)13-14-8-10-20(11-9-14)17(21)16-7-5-6-15(16)12-18/h14-16H,3-13,18H2,1-2H3. The Morgan fingerprint density at radius 3 is 2.38 bits per heavy atom. The third-order valence-electron chi connectivity index (χ3n) is 5.62.